The predicted octanol–water partition coefficient (Wildman–Crippen LogP) is 3.45. The first kappa shape index (κ1) is 15.3. The van der Waals surface area contributed by atoms with Gasteiger partial charge in [0, 0.05) is 6.92 Å². The number of hydrogen-bond acceptors (Lipinski definition) is 1. The lowest BCUT2D eigenvalue weighted by molar-refractivity contribution is -0.428. The molecule has 0 amide bonds. The fraction of sp³-hybridized carbons (Fsp3) is 1.00. The summed E-state index contributed by atoms with van der Waals surface area (Å²) in [5.41, 5.74) is 0. The van der Waals surface area contributed by atoms with E-state index in [0.29, 0.717) is 0 Å². The van der Waals surface area contributed by atoms with Crippen LogP contribution in [0.25, 0.3) is 0 Å². The van der Waals surface area contributed by atoms with Crippen molar-refractivity contribution in [3.8, 4) is 0 Å². The number of halogens is 9. The normalized spacial score (nSPS) is 15.4. The Kier molecular flexibility index (Phi) is 3.80. The Morgan fingerprint density at radius 3 is 1.44 bits per heavy atom. The lowest BCUT2D eigenvalue weighted by Gasteiger charge is -2.28. The molecule has 0 atom stereocenters. The molecular weight excluding hydrogens is 259 g/mol. The summed E-state index contributed by atoms with van der Waals surface area (Å²) >= 11 is 0. The van der Waals surface area contributed by atoms with E-state index in [0.717, 1.165) is 0 Å². The first-order valence-corrected chi connectivity index (χ1v) is 3.55. The van der Waals surface area contributed by atoms with Crippen LogP contribution < -0.4 is 0 Å². The number of hydrogen-bond donors (Lipinski definition) is 0. The first-order chi connectivity index (χ1) is 6.71. The molecule has 0 spiro atoms. The Balaban J connectivity index is 4.79. The van der Waals surface area contributed by atoms with Gasteiger partial charge in [0.25, 0.3) is 5.92 Å². The molecule has 98 valence electrons. The molecule has 0 bridgehead atoms. The second-order valence-electron chi connectivity index (χ2n) is 2.95. The van der Waals surface area contributed by atoms with Crippen LogP contribution in [-0.2, 0) is 4.74 Å². The van der Waals surface area contributed by atoms with E-state index in [1.807, 2.05) is 0 Å². The fourth-order valence-electron chi connectivity index (χ4n) is 0.473. The Labute approximate surface area is 83.2 Å². The topological polar surface area (TPSA) is 9.23 Å². The third kappa shape index (κ3) is 3.42. The quantitative estimate of drug-likeness (QED) is 0.706. The lowest BCUT2D eigenvalue weighted by Crippen LogP contribution is -2.54. The monoisotopic (exact) mass is 264 g/mol. The zero-order valence-corrected chi connectivity index (χ0v) is 7.52. The molecule has 0 fully saturated rings. The molecule has 16 heavy (non-hydrogen) atoms. The molecule has 0 aliphatic heterocycles. The van der Waals surface area contributed by atoms with E-state index in [2.05, 4.69) is 4.74 Å². The summed E-state index contributed by atoms with van der Waals surface area (Å²) in [6.45, 7) is -2.24. The van der Waals surface area contributed by atoms with Crippen molar-refractivity contribution < 1.29 is 44.3 Å². The minimum atomic E-state index is -6.60. The average Bonchev–Trinajstić information content (AvgIpc) is 1.97. The van der Waals surface area contributed by atoms with Crippen LogP contribution in [0.5, 0.6) is 0 Å². The zero-order valence-electron chi connectivity index (χ0n) is 7.52. The van der Waals surface area contributed by atoms with Gasteiger partial charge in [-0.2, -0.15) is 30.7 Å². The van der Waals surface area contributed by atoms with Crippen LogP contribution in [0.2, 0.25) is 0 Å². The molecule has 0 rings (SSSR count). The van der Waals surface area contributed by atoms with Gasteiger partial charge in [0.15, 0.2) is 0 Å². The summed E-state index contributed by atoms with van der Waals surface area (Å²) in [5, 5.41) is 0. The molecule has 0 saturated carbocycles. The smallest absolute Gasteiger partial charge is 0.309 e. The Morgan fingerprint density at radius 2 is 1.19 bits per heavy atom. The first-order valence-electron chi connectivity index (χ1n) is 3.55. The van der Waals surface area contributed by atoms with E-state index in [9.17, 15) is 39.5 Å². The molecule has 10 heteroatoms. The molecule has 0 saturated heterocycles. The van der Waals surface area contributed by atoms with Gasteiger partial charge in [-0.25, -0.2) is 8.78 Å². The van der Waals surface area contributed by atoms with Gasteiger partial charge < -0.3 is 4.74 Å². The molecule has 0 aliphatic rings. The Morgan fingerprint density at radius 1 is 0.812 bits per heavy atom. The molecule has 0 aromatic rings. The largest absolute Gasteiger partial charge is 0.462 e. The highest BCUT2D eigenvalue weighted by Gasteiger charge is 2.74. The minimum absolute atomic E-state index is 0.0226. The van der Waals surface area contributed by atoms with Crippen LogP contribution in [0, 0.1) is 0 Å². The van der Waals surface area contributed by atoms with Crippen LogP contribution in [0.4, 0.5) is 39.5 Å². The summed E-state index contributed by atoms with van der Waals surface area (Å²) in [7, 11) is 0. The van der Waals surface area contributed by atoms with Crippen LogP contribution >= 0.6 is 0 Å². The van der Waals surface area contributed by atoms with Crippen molar-refractivity contribution in [3.63, 3.8) is 0 Å². The third-order valence-corrected chi connectivity index (χ3v) is 1.23. The van der Waals surface area contributed by atoms with Gasteiger partial charge in [-0.3, -0.25) is 0 Å². The third-order valence-electron chi connectivity index (χ3n) is 1.23. The standard InChI is InChI=1S/C6H5F9O/c1-3(7,8)2-16-6(14,15)4(9,10)5(11,12)13/h2H2,1H3. The SMILES string of the molecule is CC(F)(F)COC(F)(F)C(F)(F)C(F)(F)F. The number of alkyl halides is 9. The van der Waals surface area contributed by atoms with Gasteiger partial charge in [0.05, 0.1) is 0 Å². The fourth-order valence-corrected chi connectivity index (χ4v) is 0.473. The highest BCUT2D eigenvalue weighted by Crippen LogP contribution is 2.47. The van der Waals surface area contributed by atoms with Gasteiger partial charge in [0.2, 0.25) is 0 Å². The molecule has 0 aromatic heterocycles. The maximum atomic E-state index is 12.2. The van der Waals surface area contributed by atoms with Crippen molar-refractivity contribution in [1.29, 1.82) is 0 Å². The van der Waals surface area contributed by atoms with Gasteiger partial charge in [-0.1, -0.05) is 0 Å². The van der Waals surface area contributed by atoms with Crippen LogP contribution in [0.1, 0.15) is 6.92 Å². The predicted molar refractivity (Wildman–Crippen MR) is 32.5 cm³/mol. The van der Waals surface area contributed by atoms with Gasteiger partial charge in [0.1, 0.15) is 6.61 Å². The van der Waals surface area contributed by atoms with E-state index in [-0.39, 0.29) is 6.92 Å². The molecule has 1 nitrogen and oxygen atoms in total. The molecule has 0 heterocycles. The molecule has 0 aromatic carbocycles. The second kappa shape index (κ2) is 3.97. The van der Waals surface area contributed by atoms with Gasteiger partial charge in [-0.15, -0.1) is 0 Å². The van der Waals surface area contributed by atoms with E-state index in [1.165, 1.54) is 0 Å². The van der Waals surface area contributed by atoms with E-state index < -0.39 is 30.7 Å². The Bertz CT molecular complexity index is 237. The van der Waals surface area contributed by atoms with Crippen molar-refractivity contribution in [2.75, 3.05) is 6.61 Å². The molecule has 0 unspecified atom stereocenters. The summed E-state index contributed by atoms with van der Waals surface area (Å²) < 4.78 is 109. The Hall–Kier alpha value is -0.670. The second-order valence-corrected chi connectivity index (χ2v) is 2.95. The molecule has 0 radical (unpaired) electrons. The number of ether oxygens (including phenoxy) is 1. The maximum absolute atomic E-state index is 12.2. The minimum Gasteiger partial charge on any atom is -0.309 e. The highest BCUT2D eigenvalue weighted by molar-refractivity contribution is 4.85. The van der Waals surface area contributed by atoms with Crippen molar-refractivity contribution in [2.24, 2.45) is 0 Å². The highest BCUT2D eigenvalue weighted by atomic mass is 19.4. The molecule has 0 N–H and O–H groups in total. The van der Waals surface area contributed by atoms with Crippen LogP contribution in [0.15, 0.2) is 0 Å². The van der Waals surface area contributed by atoms with Crippen molar-refractivity contribution in [3.05, 3.63) is 0 Å². The lowest BCUT2D eigenvalue weighted by atomic mass is 10.3. The van der Waals surface area contributed by atoms with Crippen molar-refractivity contribution >= 4 is 0 Å². The van der Waals surface area contributed by atoms with Gasteiger partial charge >= 0.3 is 18.2 Å². The summed E-state index contributed by atoms with van der Waals surface area (Å²) in [6, 6.07) is 0. The average molecular weight is 264 g/mol. The summed E-state index contributed by atoms with van der Waals surface area (Å²) in [5.74, 6) is -10.5. The summed E-state index contributed by atoms with van der Waals surface area (Å²) in [6.07, 6.45) is -12.6. The molecule has 0 aliphatic carbocycles. The van der Waals surface area contributed by atoms with E-state index >= 15 is 0 Å². The maximum Gasteiger partial charge on any atom is 0.462 e. The van der Waals surface area contributed by atoms with E-state index in [1.54, 1.807) is 0 Å². The zero-order chi connectivity index (χ0) is 13.4. The van der Waals surface area contributed by atoms with Gasteiger partial charge in [-0.05, 0) is 0 Å². The van der Waals surface area contributed by atoms with Crippen LogP contribution in [-0.4, -0.2) is 30.7 Å². The molecular formula is C6H5F9O. The van der Waals surface area contributed by atoms with Crippen LogP contribution in [0.3, 0.4) is 0 Å². The summed E-state index contributed by atoms with van der Waals surface area (Å²) in [4.78, 5) is 0. The number of rotatable bonds is 4. The van der Waals surface area contributed by atoms with Crippen molar-refractivity contribution in [2.45, 2.75) is 31.1 Å². The van der Waals surface area contributed by atoms with E-state index in [4.69, 9.17) is 0 Å². The van der Waals surface area contributed by atoms with Crippen molar-refractivity contribution in [1.82, 2.24) is 0 Å².